The number of carbonyl (C=O) groups excluding carboxylic acids is 4. The minimum atomic E-state index is -3.33. The van der Waals surface area contributed by atoms with Gasteiger partial charge in [0.2, 0.25) is 5.91 Å². The van der Waals surface area contributed by atoms with Gasteiger partial charge >= 0.3 is 38.5 Å². The molecule has 21 nitrogen and oxygen atoms in total. The van der Waals surface area contributed by atoms with Crippen LogP contribution in [0.4, 0.5) is 4.79 Å². The number of cyclic esters (lactones) is 2. The fourth-order valence-electron chi connectivity index (χ4n) is 8.19. The molecule has 0 spiro atoms. The molecule has 500 valence electrons. The first-order valence-corrected chi connectivity index (χ1v) is 40.1. The van der Waals surface area contributed by atoms with E-state index in [9.17, 15) is 33.1 Å². The quantitative estimate of drug-likeness (QED) is 0.0149. The van der Waals surface area contributed by atoms with Gasteiger partial charge in [-0.3, -0.25) is 18.7 Å². The van der Waals surface area contributed by atoms with Crippen LogP contribution in [-0.2, 0) is 77.1 Å². The smallest absolute Gasteiger partial charge is 0.403 e. The molecule has 0 bridgehead atoms. The average molecular weight is 1330 g/mol. The van der Waals surface area contributed by atoms with Gasteiger partial charge in [-0.2, -0.15) is 0 Å². The first kappa shape index (κ1) is 84.5. The molecule has 0 saturated heterocycles. The zero-order chi connectivity index (χ0) is 64.9. The standard InChI is InChI=1S/C27H44NO8PSi.C22H32O6Si.C5H9ClO2.C5H14NO3P.2CH4/c1-9-35-37(31,36-10-2)18-28-23(29)14-12-19(3)11-13-21-25(32-5)20(4)22-17-34-27(30)24(22)26(21)33-15-16-38(6,7)8;1-14(8-10-18(23)24)7-9-16-20(26-3)15(2)17-13-28-22(25)19(17)21(16)27-11-12-29(4,5)6;1-4(2)3-8-5(6)7;1-3-8-10(7,5-6)9-4-2;;/h11H,9-10,12-18H2,1-8H3,(H,28,29);7H,8-13H2,1-6H3,(H,23,24);4H,3H2,1-2H3;3-6H2,1-2H3;2*1H4/b19-11+;14-7+;;;;. The van der Waals surface area contributed by atoms with E-state index in [1.165, 1.54) is 0 Å². The van der Waals surface area contributed by atoms with Crippen LogP contribution < -0.4 is 30.0 Å². The van der Waals surface area contributed by atoms with Gasteiger partial charge in [0.25, 0.3) is 0 Å². The van der Waals surface area contributed by atoms with Gasteiger partial charge in [0.05, 0.1) is 66.8 Å². The van der Waals surface area contributed by atoms with E-state index < -0.39 is 42.7 Å². The van der Waals surface area contributed by atoms with Crippen LogP contribution in [0.25, 0.3) is 0 Å². The lowest BCUT2D eigenvalue weighted by Crippen LogP contribution is -2.25. The molecule has 2 aliphatic rings. The van der Waals surface area contributed by atoms with Gasteiger partial charge in [0.1, 0.15) is 53.6 Å². The third-order valence-corrected chi connectivity index (χ3v) is 19.9. The zero-order valence-corrected chi connectivity index (χ0v) is 58.4. The summed E-state index contributed by atoms with van der Waals surface area (Å²) in [5.41, 5.74) is 12.4. The summed E-state index contributed by atoms with van der Waals surface area (Å²) in [4.78, 5) is 58.2. The number of nitrogens with one attached hydrogen (secondary N) is 1. The summed E-state index contributed by atoms with van der Waals surface area (Å²) in [5, 5.41) is 11.6. The number of fused-ring (bicyclic) bond motifs is 2. The number of aliphatic carboxylic acids is 1. The Morgan fingerprint density at radius 2 is 1.05 bits per heavy atom. The Morgan fingerprint density at radius 1 is 0.667 bits per heavy atom. The summed E-state index contributed by atoms with van der Waals surface area (Å²) in [6, 6.07) is 1.93. The van der Waals surface area contributed by atoms with E-state index in [0.717, 1.165) is 56.6 Å². The van der Waals surface area contributed by atoms with Crippen molar-refractivity contribution in [2.24, 2.45) is 11.7 Å². The number of amides is 1. The van der Waals surface area contributed by atoms with Crippen molar-refractivity contribution in [3.8, 4) is 23.0 Å². The maximum absolute atomic E-state index is 12.6. The first-order chi connectivity index (χ1) is 39.7. The number of hydrogen-bond donors (Lipinski definition) is 3. The molecule has 0 atom stereocenters. The largest absolute Gasteiger partial charge is 0.496 e. The second kappa shape index (κ2) is 41.7. The third-order valence-electron chi connectivity index (χ3n) is 12.8. The lowest BCUT2D eigenvalue weighted by atomic mass is 9.94. The van der Waals surface area contributed by atoms with Crippen molar-refractivity contribution >= 4 is 72.2 Å². The summed E-state index contributed by atoms with van der Waals surface area (Å²) in [7, 11) is -5.67. The fourth-order valence-corrected chi connectivity index (χ4v) is 12.2. The number of methoxy groups -OCH3 is 2. The number of carbonyl (C=O) groups is 5. The molecule has 2 aliphatic heterocycles. The number of esters is 2. The van der Waals surface area contributed by atoms with Crippen molar-refractivity contribution in [1.29, 1.82) is 0 Å². The topological polar surface area (TPSA) is 279 Å². The van der Waals surface area contributed by atoms with Crippen molar-refractivity contribution < 1.29 is 89.5 Å². The number of nitrogens with two attached hydrogens (primary N) is 1. The molecule has 2 aromatic carbocycles. The van der Waals surface area contributed by atoms with Crippen LogP contribution in [0.2, 0.25) is 51.4 Å². The monoisotopic (exact) mass is 1320 g/mol. The van der Waals surface area contributed by atoms with Crippen molar-refractivity contribution in [2.45, 2.75) is 187 Å². The first-order valence-electron chi connectivity index (χ1n) is 28.8. The number of halogens is 1. The van der Waals surface area contributed by atoms with Crippen molar-refractivity contribution in [3.05, 3.63) is 67.8 Å². The molecule has 2 aromatic rings. The van der Waals surface area contributed by atoms with Crippen LogP contribution in [0.15, 0.2) is 23.3 Å². The molecular weight excluding hydrogens is 1220 g/mol. The molecule has 0 fully saturated rings. The lowest BCUT2D eigenvalue weighted by Gasteiger charge is -2.21. The molecule has 2 heterocycles. The second-order valence-electron chi connectivity index (χ2n) is 22.8. The maximum atomic E-state index is 12.6. The SMILES string of the molecule is C.C.CC(C)COC(=O)Cl.CCOP(=O)(CN)OCC.CCOP(=O)(CNC(=O)CC/C(C)=C/Cc1c(OC)c(C)c2c(c1OCC[Si](C)(C)C)C(=O)OC2)OCC.COc1c(C)c2c(c(OCC[Si](C)(C)C)c1C/C=C(\C)CCC(=O)O)C(=O)OC2. The summed E-state index contributed by atoms with van der Waals surface area (Å²) >= 11 is 4.86. The Balaban J connectivity index is 0. The van der Waals surface area contributed by atoms with Crippen molar-refractivity contribution in [2.75, 3.05) is 73.0 Å². The zero-order valence-electron chi connectivity index (χ0n) is 53.8. The number of ether oxygens (including phenoxy) is 7. The highest BCUT2D eigenvalue weighted by molar-refractivity contribution is 7.54. The fraction of sp³-hybridized carbons (Fsp3) is 0.656. The Hall–Kier alpha value is -4.55. The van der Waals surface area contributed by atoms with Crippen LogP contribution in [-0.4, -0.2) is 124 Å². The minimum absolute atomic E-state index is 0. The second-order valence-corrected chi connectivity index (χ2v) is 38.5. The molecule has 0 saturated carbocycles. The third kappa shape index (κ3) is 30.7. The number of carboxylic acids is 1. The molecular formula is C61H107ClN2O19P2Si2. The molecule has 26 heteroatoms. The molecule has 1 amide bonds. The van der Waals surface area contributed by atoms with Gasteiger partial charge in [0.15, 0.2) is 0 Å². The summed E-state index contributed by atoms with van der Waals surface area (Å²) in [6.45, 7) is 35.4. The van der Waals surface area contributed by atoms with Gasteiger partial charge in [-0.05, 0) is 110 Å². The van der Waals surface area contributed by atoms with E-state index in [1.54, 1.807) is 41.9 Å². The molecule has 4 N–H and O–H groups in total. The van der Waals surface area contributed by atoms with E-state index in [4.69, 9.17) is 69.0 Å². The van der Waals surface area contributed by atoms with E-state index in [1.807, 2.05) is 53.7 Å². The summed E-state index contributed by atoms with van der Waals surface area (Å²) in [6.07, 6.45) is 6.09. The Bertz CT molecular complexity index is 2670. The number of hydrogen-bond acceptors (Lipinski definition) is 19. The number of carboxylic acid groups (broad SMARTS) is 1. The lowest BCUT2D eigenvalue weighted by molar-refractivity contribution is -0.137. The predicted octanol–water partition coefficient (Wildman–Crippen LogP) is 15.2. The number of allylic oxidation sites excluding steroid dienone is 4. The molecule has 4 rings (SSSR count). The highest BCUT2D eigenvalue weighted by atomic mass is 35.5. The van der Waals surface area contributed by atoms with Gasteiger partial charge in [-0.25, -0.2) is 14.4 Å². The van der Waals surface area contributed by atoms with Crippen molar-refractivity contribution in [3.63, 3.8) is 0 Å². The number of rotatable bonds is 33. The van der Waals surface area contributed by atoms with E-state index in [-0.39, 0.29) is 84.5 Å². The molecule has 0 radical (unpaired) electrons. The van der Waals surface area contributed by atoms with Gasteiger partial charge in [0, 0.05) is 62.8 Å². The van der Waals surface area contributed by atoms with Crippen LogP contribution in [0.3, 0.4) is 0 Å². The minimum Gasteiger partial charge on any atom is -0.496 e. The van der Waals surface area contributed by atoms with Gasteiger partial charge in [-0.15, -0.1) is 0 Å². The summed E-state index contributed by atoms with van der Waals surface area (Å²) < 4.78 is 82.8. The Kier molecular flexibility index (Phi) is 40.5. The highest BCUT2D eigenvalue weighted by Crippen LogP contribution is 2.48. The highest BCUT2D eigenvalue weighted by Gasteiger charge is 2.35. The predicted molar refractivity (Wildman–Crippen MR) is 351 cm³/mol. The van der Waals surface area contributed by atoms with Crippen LogP contribution >= 0.6 is 26.8 Å². The van der Waals surface area contributed by atoms with Gasteiger partial charge in [-0.1, -0.05) is 91.3 Å². The van der Waals surface area contributed by atoms with E-state index >= 15 is 0 Å². The Labute approximate surface area is 527 Å². The van der Waals surface area contributed by atoms with E-state index in [0.29, 0.717) is 98.8 Å². The molecule has 0 unspecified atom stereocenters. The molecule has 0 aliphatic carbocycles. The molecule has 0 aromatic heterocycles. The maximum Gasteiger partial charge on any atom is 0.403 e. The van der Waals surface area contributed by atoms with Crippen LogP contribution in [0.5, 0.6) is 23.0 Å². The van der Waals surface area contributed by atoms with Crippen LogP contribution in [0, 0.1) is 19.8 Å². The van der Waals surface area contributed by atoms with E-state index in [2.05, 4.69) is 49.3 Å². The van der Waals surface area contributed by atoms with Crippen LogP contribution in [0.1, 0.15) is 150 Å². The molecule has 87 heavy (non-hydrogen) atoms. The van der Waals surface area contributed by atoms with Gasteiger partial charge < -0.3 is 67.4 Å². The average Bonchev–Trinajstić information content (AvgIpc) is 1.76. The number of benzene rings is 2. The summed E-state index contributed by atoms with van der Waals surface area (Å²) in [5.74, 6) is 1.05. The van der Waals surface area contributed by atoms with Crippen molar-refractivity contribution in [1.82, 2.24) is 5.32 Å². The Morgan fingerprint density at radius 3 is 1.36 bits per heavy atom. The normalized spacial score (nSPS) is 12.9.